The van der Waals surface area contributed by atoms with E-state index in [2.05, 4.69) is 0 Å². The molecule has 0 unspecified atom stereocenters. The van der Waals surface area contributed by atoms with E-state index in [1.54, 1.807) is 0 Å². The van der Waals surface area contributed by atoms with Gasteiger partial charge >= 0.3 is 0 Å². The summed E-state index contributed by atoms with van der Waals surface area (Å²) in [7, 11) is 0. The Morgan fingerprint density at radius 3 is 2.74 bits per heavy atom. The number of fused-ring (bicyclic) bond motifs is 1. The smallest absolute Gasteiger partial charge is 0.205 e. The molecule has 0 saturated heterocycles. The van der Waals surface area contributed by atoms with E-state index in [1.165, 1.54) is 0 Å². The molecule has 2 aromatic rings. The first-order chi connectivity index (χ1) is 9.16. The molecule has 0 bridgehead atoms. The van der Waals surface area contributed by atoms with Crippen molar-refractivity contribution in [1.82, 2.24) is 0 Å². The highest BCUT2D eigenvalue weighted by molar-refractivity contribution is 6.02. The van der Waals surface area contributed by atoms with E-state index < -0.39 is 0 Å². The number of Topliss-reactive ketones (excluding diaryl/α,β-unsaturated/α-hetero) is 1. The Hall–Kier alpha value is -1.61. The fourth-order valence-electron chi connectivity index (χ4n) is 3.16. The summed E-state index contributed by atoms with van der Waals surface area (Å²) >= 11 is 0. The maximum Gasteiger partial charge on any atom is 0.205 e. The topological polar surface area (TPSA) is 56.2 Å². The van der Waals surface area contributed by atoms with Gasteiger partial charge in [-0.15, -0.1) is 0 Å². The van der Waals surface area contributed by atoms with Crippen LogP contribution in [0.25, 0.3) is 11.0 Å². The monoisotopic (exact) mass is 257 g/mol. The number of aryl methyl sites for hydroxylation is 1. The van der Waals surface area contributed by atoms with Gasteiger partial charge < -0.3 is 10.2 Å². The Kier molecular flexibility index (Phi) is 2.94. The maximum atomic E-state index is 12.7. The van der Waals surface area contributed by atoms with Crippen LogP contribution in [0.1, 0.15) is 41.8 Å². The molecule has 1 fully saturated rings. The number of carbonyl (C=O) groups is 1. The van der Waals surface area contributed by atoms with Gasteiger partial charge in [-0.25, -0.2) is 0 Å². The third kappa shape index (κ3) is 1.89. The van der Waals surface area contributed by atoms with Gasteiger partial charge in [-0.05, 0) is 31.4 Å². The van der Waals surface area contributed by atoms with E-state index in [-0.39, 0.29) is 11.2 Å². The van der Waals surface area contributed by atoms with Gasteiger partial charge in [0.05, 0.1) is 0 Å². The molecule has 0 amide bonds. The number of furan rings is 1. The van der Waals surface area contributed by atoms with Crippen molar-refractivity contribution in [2.45, 2.75) is 32.6 Å². The number of rotatable bonds is 3. The zero-order valence-corrected chi connectivity index (χ0v) is 11.2. The maximum absolute atomic E-state index is 12.7. The largest absolute Gasteiger partial charge is 0.453 e. The van der Waals surface area contributed by atoms with Crippen molar-refractivity contribution >= 4 is 16.8 Å². The molecular weight excluding hydrogens is 238 g/mol. The molecule has 1 aliphatic rings. The number of hydrogen-bond donors (Lipinski definition) is 1. The Morgan fingerprint density at radius 1 is 1.37 bits per heavy atom. The average Bonchev–Trinajstić information content (AvgIpc) is 3.06. The van der Waals surface area contributed by atoms with E-state index in [9.17, 15) is 4.79 Å². The molecule has 2 N–H and O–H groups in total. The first-order valence-corrected chi connectivity index (χ1v) is 6.90. The summed E-state index contributed by atoms with van der Waals surface area (Å²) in [5.41, 5.74) is 7.36. The number of para-hydroxylation sites is 1. The molecule has 1 aromatic heterocycles. The predicted molar refractivity (Wildman–Crippen MR) is 75.2 cm³/mol. The summed E-state index contributed by atoms with van der Waals surface area (Å²) in [6.07, 6.45) is 3.95. The number of nitrogens with two attached hydrogens (primary N) is 1. The van der Waals surface area contributed by atoms with Gasteiger partial charge in [0.2, 0.25) is 5.78 Å². The molecule has 0 atom stereocenters. The molecule has 3 heteroatoms. The van der Waals surface area contributed by atoms with E-state index in [0.29, 0.717) is 12.3 Å². The Bertz CT molecular complexity index is 621. The van der Waals surface area contributed by atoms with Crippen molar-refractivity contribution in [3.8, 4) is 0 Å². The second-order valence-corrected chi connectivity index (χ2v) is 5.62. The lowest BCUT2D eigenvalue weighted by molar-refractivity contribution is 0.0781. The van der Waals surface area contributed by atoms with Gasteiger partial charge in [-0.2, -0.15) is 0 Å². The summed E-state index contributed by atoms with van der Waals surface area (Å²) in [6.45, 7) is 2.41. The fourth-order valence-corrected chi connectivity index (χ4v) is 3.16. The second kappa shape index (κ2) is 4.49. The molecule has 0 spiro atoms. The second-order valence-electron chi connectivity index (χ2n) is 5.62. The lowest BCUT2D eigenvalue weighted by Gasteiger charge is -2.23. The zero-order chi connectivity index (χ0) is 13.5. The standard InChI is InChI=1S/C16H19NO2/c1-11-5-4-6-12-9-13(19-14(11)12)15(18)16(10-17)7-2-3-8-16/h4-6,9H,2-3,7-8,10,17H2,1H3. The minimum atomic E-state index is -0.387. The molecule has 3 nitrogen and oxygen atoms in total. The molecule has 1 aromatic carbocycles. The predicted octanol–water partition coefficient (Wildman–Crippen LogP) is 3.44. The Balaban J connectivity index is 2.04. The van der Waals surface area contributed by atoms with E-state index in [0.717, 1.165) is 42.2 Å². The average molecular weight is 257 g/mol. The third-order valence-electron chi connectivity index (χ3n) is 4.40. The molecule has 3 rings (SSSR count). The number of benzene rings is 1. The van der Waals surface area contributed by atoms with Crippen LogP contribution >= 0.6 is 0 Å². The van der Waals surface area contributed by atoms with Gasteiger partial charge in [0.25, 0.3) is 0 Å². The zero-order valence-electron chi connectivity index (χ0n) is 11.2. The highest BCUT2D eigenvalue weighted by Gasteiger charge is 2.41. The van der Waals surface area contributed by atoms with Crippen molar-refractivity contribution < 1.29 is 9.21 Å². The molecule has 100 valence electrons. The van der Waals surface area contributed by atoms with Crippen molar-refractivity contribution in [3.63, 3.8) is 0 Å². The van der Waals surface area contributed by atoms with Gasteiger partial charge in [-0.3, -0.25) is 4.79 Å². The van der Waals surface area contributed by atoms with Crippen LogP contribution in [0.3, 0.4) is 0 Å². The lowest BCUT2D eigenvalue weighted by atomic mass is 9.80. The highest BCUT2D eigenvalue weighted by Crippen LogP contribution is 2.40. The van der Waals surface area contributed by atoms with Crippen LogP contribution in [-0.4, -0.2) is 12.3 Å². The molecule has 19 heavy (non-hydrogen) atoms. The van der Waals surface area contributed by atoms with Crippen LogP contribution < -0.4 is 5.73 Å². The Morgan fingerprint density at radius 2 is 2.11 bits per heavy atom. The first-order valence-electron chi connectivity index (χ1n) is 6.90. The highest BCUT2D eigenvalue weighted by atomic mass is 16.3. The van der Waals surface area contributed by atoms with E-state index >= 15 is 0 Å². The van der Waals surface area contributed by atoms with Gasteiger partial charge in [0.15, 0.2) is 5.76 Å². The van der Waals surface area contributed by atoms with Crippen LogP contribution in [0.4, 0.5) is 0 Å². The molecule has 1 aliphatic carbocycles. The minimum Gasteiger partial charge on any atom is -0.453 e. The fraction of sp³-hybridized carbons (Fsp3) is 0.438. The summed E-state index contributed by atoms with van der Waals surface area (Å²) in [5, 5.41) is 0.994. The first kappa shape index (κ1) is 12.4. The van der Waals surface area contributed by atoms with Crippen LogP contribution in [0.2, 0.25) is 0 Å². The van der Waals surface area contributed by atoms with Gasteiger partial charge in [0, 0.05) is 17.3 Å². The van der Waals surface area contributed by atoms with E-state index in [1.807, 2.05) is 31.2 Å². The van der Waals surface area contributed by atoms with E-state index in [4.69, 9.17) is 10.2 Å². The SMILES string of the molecule is Cc1cccc2cc(C(=O)C3(CN)CCCC3)oc12. The van der Waals surface area contributed by atoms with Gasteiger partial charge in [-0.1, -0.05) is 31.0 Å². The number of carbonyl (C=O) groups excluding carboxylic acids is 1. The minimum absolute atomic E-state index is 0.0862. The summed E-state index contributed by atoms with van der Waals surface area (Å²) in [6, 6.07) is 7.82. The van der Waals surface area contributed by atoms with Gasteiger partial charge in [0.1, 0.15) is 5.58 Å². The number of ketones is 1. The van der Waals surface area contributed by atoms with Crippen LogP contribution in [0, 0.1) is 12.3 Å². The molecule has 0 aliphatic heterocycles. The number of hydrogen-bond acceptors (Lipinski definition) is 3. The van der Waals surface area contributed by atoms with Crippen molar-refractivity contribution in [1.29, 1.82) is 0 Å². The molecular formula is C16H19NO2. The van der Waals surface area contributed by atoms with Crippen molar-refractivity contribution in [3.05, 3.63) is 35.6 Å². The van der Waals surface area contributed by atoms with Crippen LogP contribution in [0.15, 0.2) is 28.7 Å². The van der Waals surface area contributed by atoms with Crippen molar-refractivity contribution in [2.24, 2.45) is 11.1 Å². The third-order valence-corrected chi connectivity index (χ3v) is 4.40. The molecule has 0 radical (unpaired) electrons. The van der Waals surface area contributed by atoms with Crippen LogP contribution in [0.5, 0.6) is 0 Å². The quantitative estimate of drug-likeness (QED) is 0.857. The summed E-state index contributed by atoms with van der Waals surface area (Å²) < 4.78 is 5.79. The molecule has 1 heterocycles. The van der Waals surface area contributed by atoms with Crippen LogP contribution in [-0.2, 0) is 0 Å². The Labute approximate surface area is 112 Å². The molecule has 1 saturated carbocycles. The lowest BCUT2D eigenvalue weighted by Crippen LogP contribution is -2.35. The van der Waals surface area contributed by atoms with Crippen molar-refractivity contribution in [2.75, 3.05) is 6.54 Å². The summed E-state index contributed by atoms with van der Waals surface area (Å²) in [5.74, 6) is 0.555. The summed E-state index contributed by atoms with van der Waals surface area (Å²) in [4.78, 5) is 12.7. The normalized spacial score (nSPS) is 18.0.